The summed E-state index contributed by atoms with van der Waals surface area (Å²) in [4.78, 5) is 13.3. The quantitative estimate of drug-likeness (QED) is 0.430. The molecule has 1 fully saturated rings. The zero-order chi connectivity index (χ0) is 27.7. The van der Waals surface area contributed by atoms with Gasteiger partial charge in [0.2, 0.25) is 0 Å². The smallest absolute Gasteiger partial charge is 0.410 e. The molecule has 1 aromatic heterocycles. The van der Waals surface area contributed by atoms with Gasteiger partial charge in [-0.2, -0.15) is 17.6 Å². The van der Waals surface area contributed by atoms with Crippen molar-refractivity contribution in [1.29, 1.82) is 0 Å². The topological polar surface area (TPSA) is 90.7 Å². The Kier molecular flexibility index (Phi) is 7.73. The van der Waals surface area contributed by atoms with Gasteiger partial charge in [0, 0.05) is 37.3 Å². The second-order valence-electron chi connectivity index (χ2n) is 10.0. The molecule has 2 heterocycles. The van der Waals surface area contributed by atoms with E-state index in [1.807, 2.05) is 0 Å². The number of nitrogens with zero attached hydrogens (tertiary/aromatic N) is 3. The summed E-state index contributed by atoms with van der Waals surface area (Å²) in [5.41, 5.74) is 0.117. The van der Waals surface area contributed by atoms with E-state index in [0.29, 0.717) is 29.2 Å². The number of likely N-dealkylation sites (tertiary alicyclic amines) is 1. The van der Waals surface area contributed by atoms with Gasteiger partial charge in [0.05, 0.1) is 12.8 Å². The molecule has 4 rings (SSSR count). The van der Waals surface area contributed by atoms with Gasteiger partial charge in [0.1, 0.15) is 22.1 Å². The highest BCUT2D eigenvalue weighted by Crippen LogP contribution is 2.35. The van der Waals surface area contributed by atoms with Crippen LogP contribution in [0.15, 0.2) is 59.8 Å². The molecule has 38 heavy (non-hydrogen) atoms. The molecule has 0 spiro atoms. The van der Waals surface area contributed by atoms with Crippen molar-refractivity contribution in [1.82, 2.24) is 14.1 Å². The molecule has 0 bridgehead atoms. The number of carbonyl (C=O) groups is 1. The zero-order valence-corrected chi connectivity index (χ0v) is 21.9. The number of carbonyl (C=O) groups excluding carboxylic acids is 1. The molecule has 2 aromatic carbocycles. The number of hydrogen-bond acceptors (Lipinski definition) is 6. The molecule has 0 unspecified atom stereocenters. The molecule has 0 N–H and O–H groups in total. The minimum atomic E-state index is -4.43. The summed E-state index contributed by atoms with van der Waals surface area (Å²) in [5.74, 6) is -3.69. The first-order valence-electron chi connectivity index (χ1n) is 12.0. The summed E-state index contributed by atoms with van der Waals surface area (Å²) in [5, 5.41) is 3.58. The lowest BCUT2D eigenvalue weighted by Crippen LogP contribution is -2.46. The summed E-state index contributed by atoms with van der Waals surface area (Å²) in [7, 11) is -4.43. The Labute approximate surface area is 219 Å². The third-order valence-electron chi connectivity index (χ3n) is 6.13. The van der Waals surface area contributed by atoms with Crippen LogP contribution >= 0.6 is 0 Å². The van der Waals surface area contributed by atoms with Crippen LogP contribution in [0.1, 0.15) is 38.7 Å². The van der Waals surface area contributed by atoms with Gasteiger partial charge in [-0.15, -0.1) is 0 Å². The van der Waals surface area contributed by atoms with Crippen molar-refractivity contribution in [2.24, 2.45) is 5.92 Å². The lowest BCUT2D eigenvalue weighted by atomic mass is 9.81. The predicted molar refractivity (Wildman–Crippen MR) is 132 cm³/mol. The number of ether oxygens (including phenoxy) is 2. The van der Waals surface area contributed by atoms with Crippen LogP contribution in [0.5, 0.6) is 5.75 Å². The standard InChI is InChI=1S/C26H28F3N3O5S/c1-26(2,3)37-25(33)31-12-9-20(17-5-7-19(27)8-6-17)18(15-31)16-36-23-13-22(29)24(14-21(23)28)38(34,35)32-11-4-10-30-32/h4-8,10-11,13-14,18,20H,9,12,15-16H2,1-3H3/t18-,20-/m1/s1. The Morgan fingerprint density at radius 3 is 2.45 bits per heavy atom. The van der Waals surface area contributed by atoms with Crippen LogP contribution in [0.3, 0.4) is 0 Å². The van der Waals surface area contributed by atoms with Crippen LogP contribution in [0.4, 0.5) is 18.0 Å². The van der Waals surface area contributed by atoms with Gasteiger partial charge in [-0.3, -0.25) is 0 Å². The van der Waals surface area contributed by atoms with E-state index in [0.717, 1.165) is 11.8 Å². The number of piperidine rings is 1. The molecule has 3 aromatic rings. The van der Waals surface area contributed by atoms with Crippen molar-refractivity contribution in [2.45, 2.75) is 43.6 Å². The molecule has 0 saturated carbocycles. The second-order valence-corrected chi connectivity index (χ2v) is 11.8. The van der Waals surface area contributed by atoms with Crippen LogP contribution in [0.25, 0.3) is 0 Å². The molecule has 1 aliphatic heterocycles. The normalized spacial score (nSPS) is 18.3. The van der Waals surface area contributed by atoms with Gasteiger partial charge in [0.15, 0.2) is 11.6 Å². The van der Waals surface area contributed by atoms with Gasteiger partial charge in [-0.1, -0.05) is 12.1 Å². The van der Waals surface area contributed by atoms with Crippen LogP contribution in [-0.4, -0.2) is 53.9 Å². The molecule has 12 heteroatoms. The lowest BCUT2D eigenvalue weighted by Gasteiger charge is -2.39. The number of amides is 1. The first-order chi connectivity index (χ1) is 17.8. The molecule has 1 amide bonds. The molecule has 2 atom stereocenters. The lowest BCUT2D eigenvalue weighted by molar-refractivity contribution is 0.0110. The van der Waals surface area contributed by atoms with Crippen molar-refractivity contribution >= 4 is 16.1 Å². The number of aromatic nitrogens is 2. The molecular weight excluding hydrogens is 523 g/mol. The van der Waals surface area contributed by atoms with E-state index in [2.05, 4.69) is 5.10 Å². The SMILES string of the molecule is CC(C)(C)OC(=O)N1CC[C@H](c2ccc(F)cc2)[C@@H](COc2cc(F)c(S(=O)(=O)n3cccn3)cc2F)C1. The predicted octanol–water partition coefficient (Wildman–Crippen LogP) is 4.96. The molecule has 0 radical (unpaired) electrons. The molecular formula is C26H28F3N3O5S. The van der Waals surface area contributed by atoms with Crippen LogP contribution in [-0.2, 0) is 14.8 Å². The van der Waals surface area contributed by atoms with Gasteiger partial charge in [0.25, 0.3) is 10.0 Å². The Hall–Kier alpha value is -3.54. The van der Waals surface area contributed by atoms with Gasteiger partial charge >= 0.3 is 6.09 Å². The van der Waals surface area contributed by atoms with Crippen molar-refractivity contribution in [3.63, 3.8) is 0 Å². The summed E-state index contributed by atoms with van der Waals surface area (Å²) in [6.07, 6.45) is 2.31. The maximum Gasteiger partial charge on any atom is 0.410 e. The largest absolute Gasteiger partial charge is 0.490 e. The van der Waals surface area contributed by atoms with Gasteiger partial charge in [-0.05, 0) is 56.9 Å². The first-order valence-corrected chi connectivity index (χ1v) is 13.4. The first kappa shape index (κ1) is 27.5. The van der Waals surface area contributed by atoms with Crippen molar-refractivity contribution in [3.05, 3.63) is 77.9 Å². The third-order valence-corrected chi connectivity index (χ3v) is 7.70. The molecule has 204 valence electrons. The minimum absolute atomic E-state index is 0.122. The number of hydrogen-bond donors (Lipinski definition) is 0. The van der Waals surface area contributed by atoms with Crippen LogP contribution < -0.4 is 4.74 Å². The van der Waals surface area contributed by atoms with Crippen molar-refractivity contribution < 1.29 is 35.9 Å². The average Bonchev–Trinajstić information content (AvgIpc) is 3.40. The number of rotatable bonds is 6. The van der Waals surface area contributed by atoms with Crippen molar-refractivity contribution in [2.75, 3.05) is 19.7 Å². The fourth-order valence-corrected chi connectivity index (χ4v) is 5.52. The molecule has 1 aliphatic rings. The molecule has 0 aliphatic carbocycles. The Morgan fingerprint density at radius 2 is 1.82 bits per heavy atom. The van der Waals surface area contributed by atoms with E-state index in [-0.39, 0.29) is 25.0 Å². The number of benzene rings is 2. The third kappa shape index (κ3) is 6.12. The highest BCUT2D eigenvalue weighted by molar-refractivity contribution is 7.89. The van der Waals surface area contributed by atoms with E-state index in [4.69, 9.17) is 9.47 Å². The van der Waals surface area contributed by atoms with E-state index in [1.54, 1.807) is 32.9 Å². The van der Waals surface area contributed by atoms with Gasteiger partial charge < -0.3 is 14.4 Å². The summed E-state index contributed by atoms with van der Waals surface area (Å²) < 4.78 is 80.0. The van der Waals surface area contributed by atoms with Crippen LogP contribution in [0.2, 0.25) is 0 Å². The Morgan fingerprint density at radius 1 is 1.11 bits per heavy atom. The summed E-state index contributed by atoms with van der Waals surface area (Å²) in [6, 6.07) is 8.52. The maximum atomic E-state index is 14.9. The second kappa shape index (κ2) is 10.7. The molecule has 1 saturated heterocycles. The van der Waals surface area contributed by atoms with E-state index >= 15 is 0 Å². The van der Waals surface area contributed by atoms with E-state index < -0.39 is 49.8 Å². The summed E-state index contributed by atoms with van der Waals surface area (Å²) in [6.45, 7) is 5.73. The van der Waals surface area contributed by atoms with E-state index in [1.165, 1.54) is 29.3 Å². The van der Waals surface area contributed by atoms with Crippen molar-refractivity contribution in [3.8, 4) is 5.75 Å². The monoisotopic (exact) mass is 551 g/mol. The van der Waals surface area contributed by atoms with E-state index in [9.17, 15) is 26.4 Å². The fourth-order valence-electron chi connectivity index (χ4n) is 4.36. The highest BCUT2D eigenvalue weighted by atomic mass is 32.2. The van der Waals surface area contributed by atoms with Gasteiger partial charge in [-0.25, -0.2) is 18.0 Å². The Bertz CT molecular complexity index is 1390. The fraction of sp³-hybridized carbons (Fsp3) is 0.385. The maximum absolute atomic E-state index is 14.9. The number of halogens is 3. The molecule has 8 nitrogen and oxygen atoms in total. The Balaban J connectivity index is 1.56. The van der Waals surface area contributed by atoms with Crippen LogP contribution in [0, 0.1) is 23.4 Å². The average molecular weight is 552 g/mol. The minimum Gasteiger partial charge on any atom is -0.490 e. The zero-order valence-electron chi connectivity index (χ0n) is 21.1. The summed E-state index contributed by atoms with van der Waals surface area (Å²) >= 11 is 0. The highest BCUT2D eigenvalue weighted by Gasteiger charge is 2.35.